The van der Waals surface area contributed by atoms with Gasteiger partial charge in [-0.25, -0.2) is 9.18 Å². The van der Waals surface area contributed by atoms with E-state index in [-0.39, 0.29) is 22.6 Å². The number of aromatic hydroxyl groups is 1. The summed E-state index contributed by atoms with van der Waals surface area (Å²) >= 11 is 0. The Bertz CT molecular complexity index is 1520. The van der Waals surface area contributed by atoms with Crippen molar-refractivity contribution in [3.8, 4) is 11.5 Å². The van der Waals surface area contributed by atoms with Gasteiger partial charge in [0.05, 0.1) is 29.4 Å². The monoisotopic (exact) mass is 583 g/mol. The molecule has 5 rings (SSSR count). The maximum atomic E-state index is 14.0. The lowest BCUT2D eigenvalue weighted by Crippen LogP contribution is -2.68. The molecule has 3 aliphatic carbocycles. The molecule has 12 nitrogen and oxygen atoms in total. The van der Waals surface area contributed by atoms with E-state index >= 15 is 0 Å². The Morgan fingerprint density at radius 2 is 1.67 bits per heavy atom. The summed E-state index contributed by atoms with van der Waals surface area (Å²) in [5, 5.41) is 47.4. The molecule has 7 N–H and O–H groups in total. The van der Waals surface area contributed by atoms with Crippen LogP contribution in [0.3, 0.4) is 0 Å². The molecule has 0 heterocycles. The Balaban J connectivity index is 1.56. The first-order valence-electron chi connectivity index (χ1n) is 13.2. The van der Waals surface area contributed by atoms with E-state index in [9.17, 15) is 44.0 Å². The number of primary amides is 1. The summed E-state index contributed by atoms with van der Waals surface area (Å²) in [6.07, 6.45) is -4.03. The van der Waals surface area contributed by atoms with Crippen molar-refractivity contribution in [2.24, 2.45) is 29.4 Å². The Kier molecular flexibility index (Phi) is 7.29. The number of halogens is 1. The molecule has 0 bridgehead atoms. The van der Waals surface area contributed by atoms with Crippen molar-refractivity contribution in [2.45, 2.75) is 31.1 Å². The molecule has 5 unspecified atom stereocenters. The van der Waals surface area contributed by atoms with Crippen molar-refractivity contribution in [3.05, 3.63) is 58.9 Å². The molecule has 0 saturated heterocycles. The fourth-order valence-corrected chi connectivity index (χ4v) is 6.81. The summed E-state index contributed by atoms with van der Waals surface area (Å²) in [4.78, 5) is 53.5. The average molecular weight is 584 g/mol. The Hall–Kier alpha value is -4.33. The molecule has 13 heteroatoms. The number of benzene rings is 2. The number of fused-ring (bicyclic) bond motifs is 3. The number of nitrogens with one attached hydrogen (secondary N) is 1. The highest BCUT2D eigenvalue weighted by atomic mass is 19.1. The van der Waals surface area contributed by atoms with Gasteiger partial charge in [-0.15, -0.1) is 0 Å². The molecule has 0 spiro atoms. The van der Waals surface area contributed by atoms with E-state index in [1.807, 2.05) is 0 Å². The number of amides is 2. The quantitative estimate of drug-likeness (QED) is 0.225. The highest BCUT2D eigenvalue weighted by Crippen LogP contribution is 2.55. The third-order valence-corrected chi connectivity index (χ3v) is 8.62. The number of Topliss-reactive ketones (excluding diaryl/α,β-unsaturated/α-hetero) is 2. The number of nitrogens with zero attached hydrogens (tertiary/aromatic N) is 1. The molecule has 2 aromatic rings. The van der Waals surface area contributed by atoms with E-state index in [4.69, 9.17) is 10.5 Å². The van der Waals surface area contributed by atoms with E-state index in [1.54, 1.807) is 21.0 Å². The number of ketones is 2. The third-order valence-electron chi connectivity index (χ3n) is 8.62. The second-order valence-corrected chi connectivity index (χ2v) is 11.1. The lowest BCUT2D eigenvalue weighted by atomic mass is 9.54. The van der Waals surface area contributed by atoms with Gasteiger partial charge in [-0.2, -0.15) is 0 Å². The van der Waals surface area contributed by atoms with E-state index in [0.717, 1.165) is 12.1 Å². The van der Waals surface area contributed by atoms with Crippen molar-refractivity contribution in [1.82, 2.24) is 4.90 Å². The summed E-state index contributed by atoms with van der Waals surface area (Å²) < 4.78 is 18.2. The van der Waals surface area contributed by atoms with Gasteiger partial charge < -0.3 is 35.8 Å². The van der Waals surface area contributed by atoms with E-state index in [0.29, 0.717) is 5.56 Å². The predicted molar refractivity (Wildman–Crippen MR) is 145 cm³/mol. The first kappa shape index (κ1) is 29.2. The standard InChI is InChI=1S/C29H30FN3O9/c1-10-13-8-9-14(32-29(41)42-12-6-4-11(30)5-7-12)22(34)16(13)24(36)18-15(10)23(35)17-19(25(18)37)26(38)20(28(31)40)27(39)21(17)33(2)3/h4-10,15,17,19-21,23,27,34-36,39H,1-3H3,(H2,31,40)(H,32,41)/t10-,15?,17?,19?,20?,21-,23-,27?/m0/s1. The Labute approximate surface area is 239 Å². The minimum atomic E-state index is -1.71. The lowest BCUT2D eigenvalue weighted by Gasteiger charge is -2.53. The van der Waals surface area contributed by atoms with Crippen LogP contribution in [0.4, 0.5) is 14.9 Å². The second-order valence-electron chi connectivity index (χ2n) is 11.1. The summed E-state index contributed by atoms with van der Waals surface area (Å²) in [7, 11) is 3.15. The Morgan fingerprint density at radius 1 is 1.02 bits per heavy atom. The zero-order valence-electron chi connectivity index (χ0n) is 22.8. The number of carbonyl (C=O) groups excluding carboxylic acids is 4. The van der Waals surface area contributed by atoms with E-state index in [1.165, 1.54) is 29.2 Å². The average Bonchev–Trinajstić information content (AvgIpc) is 2.91. The lowest BCUT2D eigenvalue weighted by molar-refractivity contribution is -0.166. The molecule has 2 saturated carbocycles. The number of anilines is 1. The number of hydrogen-bond acceptors (Lipinski definition) is 10. The second kappa shape index (κ2) is 10.5. The van der Waals surface area contributed by atoms with Crippen LogP contribution in [0.5, 0.6) is 11.5 Å². The summed E-state index contributed by atoms with van der Waals surface area (Å²) in [6.45, 7) is 1.67. The summed E-state index contributed by atoms with van der Waals surface area (Å²) in [5.74, 6) is -10.9. The summed E-state index contributed by atoms with van der Waals surface area (Å²) in [5.41, 5.74) is 5.09. The molecule has 0 aromatic heterocycles. The van der Waals surface area contributed by atoms with Gasteiger partial charge in [0, 0.05) is 23.5 Å². The molecule has 8 atom stereocenters. The molecular formula is C29H30FN3O9. The molecule has 222 valence electrons. The molecule has 2 amide bonds. The number of aliphatic hydroxyl groups is 3. The van der Waals surface area contributed by atoms with E-state index in [2.05, 4.69) is 5.32 Å². The number of carbonyl (C=O) groups is 4. The molecular weight excluding hydrogens is 553 g/mol. The van der Waals surface area contributed by atoms with Crippen molar-refractivity contribution >= 4 is 35.0 Å². The predicted octanol–water partition coefficient (Wildman–Crippen LogP) is 1.30. The fraction of sp³-hybridized carbons (Fsp3) is 0.379. The maximum absolute atomic E-state index is 14.0. The number of hydrogen-bond donors (Lipinski definition) is 6. The van der Waals surface area contributed by atoms with Crippen LogP contribution in [-0.4, -0.2) is 81.2 Å². The molecule has 2 aromatic carbocycles. The number of ether oxygens (including phenoxy) is 1. The smallest absolute Gasteiger partial charge is 0.417 e. The van der Waals surface area contributed by atoms with Crippen LogP contribution in [0, 0.1) is 29.5 Å². The Morgan fingerprint density at radius 3 is 2.26 bits per heavy atom. The molecule has 0 radical (unpaired) electrons. The molecule has 42 heavy (non-hydrogen) atoms. The number of rotatable bonds is 4. The van der Waals surface area contributed by atoms with Gasteiger partial charge in [0.1, 0.15) is 29.0 Å². The van der Waals surface area contributed by atoms with Gasteiger partial charge in [-0.05, 0) is 55.9 Å². The van der Waals surface area contributed by atoms with Crippen LogP contribution >= 0.6 is 0 Å². The molecule has 3 aliphatic rings. The fourth-order valence-electron chi connectivity index (χ4n) is 6.81. The van der Waals surface area contributed by atoms with Crippen LogP contribution in [0.15, 0.2) is 42.0 Å². The minimum absolute atomic E-state index is 0.0247. The van der Waals surface area contributed by atoms with Gasteiger partial charge in [0.2, 0.25) is 5.91 Å². The molecule has 2 fully saturated rings. The van der Waals surface area contributed by atoms with Gasteiger partial charge in [-0.1, -0.05) is 13.0 Å². The van der Waals surface area contributed by atoms with Gasteiger partial charge in [-0.3, -0.25) is 19.7 Å². The first-order valence-corrected chi connectivity index (χ1v) is 13.2. The van der Waals surface area contributed by atoms with Crippen molar-refractivity contribution in [3.63, 3.8) is 0 Å². The maximum Gasteiger partial charge on any atom is 0.417 e. The summed E-state index contributed by atoms with van der Waals surface area (Å²) in [6, 6.07) is 6.48. The number of likely N-dealkylation sites (N-methyl/N-ethyl adjacent to an activating group) is 1. The van der Waals surface area contributed by atoms with Crippen LogP contribution in [0.25, 0.3) is 5.76 Å². The van der Waals surface area contributed by atoms with Crippen LogP contribution < -0.4 is 15.8 Å². The van der Waals surface area contributed by atoms with Crippen LogP contribution in [0.1, 0.15) is 24.0 Å². The van der Waals surface area contributed by atoms with Crippen molar-refractivity contribution < 1.29 is 48.7 Å². The minimum Gasteiger partial charge on any atom is -0.507 e. The highest BCUT2D eigenvalue weighted by molar-refractivity contribution is 6.19. The molecule has 0 aliphatic heterocycles. The number of aliphatic hydroxyl groups excluding tert-OH is 3. The van der Waals surface area contributed by atoms with Gasteiger partial charge in [0.25, 0.3) is 0 Å². The van der Waals surface area contributed by atoms with Crippen molar-refractivity contribution in [1.29, 1.82) is 0 Å². The van der Waals surface area contributed by atoms with E-state index < -0.39 is 88.7 Å². The number of phenols is 1. The topological polar surface area (TPSA) is 200 Å². The van der Waals surface area contributed by atoms with Gasteiger partial charge in [0.15, 0.2) is 11.6 Å². The number of phenolic OH excluding ortho intramolecular Hbond substituents is 1. The third kappa shape index (κ3) is 4.40. The van der Waals surface area contributed by atoms with Crippen LogP contribution in [0.2, 0.25) is 0 Å². The SMILES string of the molecule is C[C@H]1c2ccc(NC(=O)Oc3ccc(F)cc3)c(O)c2C(O)=C2C(=O)C3C(=O)C(C(N)=O)C(O)[C@@H](N(C)C)C3[C@@H](O)C21. The largest absolute Gasteiger partial charge is 0.507 e. The highest BCUT2D eigenvalue weighted by Gasteiger charge is 2.63. The normalized spacial score (nSPS) is 30.4. The zero-order chi connectivity index (χ0) is 30.8. The zero-order valence-corrected chi connectivity index (χ0v) is 22.8. The van der Waals surface area contributed by atoms with Crippen molar-refractivity contribution in [2.75, 3.05) is 19.4 Å². The van der Waals surface area contributed by atoms with Gasteiger partial charge >= 0.3 is 6.09 Å². The first-order chi connectivity index (χ1) is 19.8. The number of nitrogens with two attached hydrogens (primary N) is 1. The van der Waals surface area contributed by atoms with Crippen LogP contribution in [-0.2, 0) is 14.4 Å².